The summed E-state index contributed by atoms with van der Waals surface area (Å²) in [5, 5.41) is 4.95. The number of ether oxygens (including phenoxy) is 1. The second-order valence-corrected chi connectivity index (χ2v) is 6.50. The molecule has 0 bridgehead atoms. The Kier molecular flexibility index (Phi) is 5.36. The van der Waals surface area contributed by atoms with E-state index in [-0.39, 0.29) is 6.04 Å². The average molecular weight is 316 g/mol. The lowest BCUT2D eigenvalue weighted by atomic mass is 10.0. The fraction of sp³-hybridized carbons (Fsp3) is 0.579. The first-order valence-corrected chi connectivity index (χ1v) is 8.75. The van der Waals surface area contributed by atoms with Crippen LogP contribution in [0.1, 0.15) is 38.1 Å². The van der Waals surface area contributed by atoms with Crippen molar-refractivity contribution >= 4 is 11.0 Å². The van der Waals surface area contributed by atoms with E-state index in [0.717, 1.165) is 50.6 Å². The highest BCUT2D eigenvalue weighted by Gasteiger charge is 2.21. The third kappa shape index (κ3) is 3.77. The third-order valence-corrected chi connectivity index (χ3v) is 4.65. The van der Waals surface area contributed by atoms with Gasteiger partial charge in [0.2, 0.25) is 0 Å². The van der Waals surface area contributed by atoms with Gasteiger partial charge in [0.05, 0.1) is 19.3 Å². The Bertz CT molecular complexity index is 631. The molecule has 1 N–H and O–H groups in total. The van der Waals surface area contributed by atoms with E-state index in [1.807, 2.05) is 6.07 Å². The molecule has 0 aliphatic carbocycles. The van der Waals surface area contributed by atoms with Crippen molar-refractivity contribution in [3.8, 4) is 0 Å². The molecule has 0 saturated carbocycles. The number of nitrogens with one attached hydrogen (secondary N) is 1. The highest BCUT2D eigenvalue weighted by atomic mass is 16.5. The monoisotopic (exact) mass is 316 g/mol. The lowest BCUT2D eigenvalue weighted by Gasteiger charge is -2.30. The van der Waals surface area contributed by atoms with Crippen LogP contribution in [-0.2, 0) is 11.2 Å². The van der Waals surface area contributed by atoms with Gasteiger partial charge in [-0.05, 0) is 26.3 Å². The summed E-state index contributed by atoms with van der Waals surface area (Å²) in [5.74, 6) is 1.09. The molecule has 126 valence electrons. The summed E-state index contributed by atoms with van der Waals surface area (Å²) >= 11 is 0. The molecule has 3 rings (SSSR count). The zero-order valence-corrected chi connectivity index (χ0v) is 14.5. The van der Waals surface area contributed by atoms with Crippen LogP contribution in [0.5, 0.6) is 0 Å². The molecule has 1 fully saturated rings. The number of rotatable bonds is 6. The van der Waals surface area contributed by atoms with Crippen LogP contribution in [0, 0.1) is 0 Å². The number of para-hydroxylation sites is 1. The molecule has 2 atom stereocenters. The maximum atomic E-state index is 6.15. The number of aryl methyl sites for hydroxylation is 1. The van der Waals surface area contributed by atoms with Gasteiger partial charge in [-0.15, -0.1) is 0 Å². The summed E-state index contributed by atoms with van der Waals surface area (Å²) in [4.78, 5) is 2.47. The normalized spacial score (nSPS) is 19.1. The van der Waals surface area contributed by atoms with Crippen LogP contribution in [0.2, 0.25) is 0 Å². The first-order chi connectivity index (χ1) is 11.2. The Hall–Kier alpha value is -1.36. The van der Waals surface area contributed by atoms with Gasteiger partial charge in [0.15, 0.2) is 0 Å². The molecule has 4 heteroatoms. The van der Waals surface area contributed by atoms with Crippen LogP contribution in [0.25, 0.3) is 11.0 Å². The van der Waals surface area contributed by atoms with Gasteiger partial charge in [-0.3, -0.25) is 4.90 Å². The van der Waals surface area contributed by atoms with Gasteiger partial charge >= 0.3 is 0 Å². The van der Waals surface area contributed by atoms with Crippen LogP contribution in [0.15, 0.2) is 28.7 Å². The van der Waals surface area contributed by atoms with E-state index in [1.54, 1.807) is 0 Å². The summed E-state index contributed by atoms with van der Waals surface area (Å²) in [6.07, 6.45) is 0.996. The molecule has 0 radical (unpaired) electrons. The van der Waals surface area contributed by atoms with E-state index >= 15 is 0 Å². The minimum absolute atomic E-state index is 0.216. The number of hydrogen-bond acceptors (Lipinski definition) is 4. The quantitative estimate of drug-likeness (QED) is 0.887. The molecule has 1 aliphatic rings. The van der Waals surface area contributed by atoms with Gasteiger partial charge in [0.1, 0.15) is 11.3 Å². The van der Waals surface area contributed by atoms with Gasteiger partial charge in [0, 0.05) is 36.6 Å². The maximum absolute atomic E-state index is 6.15. The van der Waals surface area contributed by atoms with Crippen LogP contribution < -0.4 is 5.32 Å². The van der Waals surface area contributed by atoms with Crippen molar-refractivity contribution in [2.24, 2.45) is 0 Å². The summed E-state index contributed by atoms with van der Waals surface area (Å²) in [6, 6.07) is 8.97. The van der Waals surface area contributed by atoms with Gasteiger partial charge in [-0.1, -0.05) is 25.1 Å². The number of nitrogens with zero attached hydrogens (tertiary/aromatic N) is 1. The van der Waals surface area contributed by atoms with E-state index in [4.69, 9.17) is 9.15 Å². The molecular weight excluding hydrogens is 288 g/mol. The second-order valence-electron chi connectivity index (χ2n) is 6.50. The van der Waals surface area contributed by atoms with Gasteiger partial charge in [0.25, 0.3) is 0 Å². The fourth-order valence-corrected chi connectivity index (χ4v) is 3.56. The first-order valence-electron chi connectivity index (χ1n) is 8.75. The largest absolute Gasteiger partial charge is 0.459 e. The molecule has 0 amide bonds. The molecule has 1 saturated heterocycles. The van der Waals surface area contributed by atoms with E-state index in [9.17, 15) is 0 Å². The Labute approximate surface area is 138 Å². The molecule has 1 aromatic heterocycles. The minimum Gasteiger partial charge on any atom is -0.459 e. The zero-order valence-electron chi connectivity index (χ0n) is 14.5. The minimum atomic E-state index is 0.216. The smallest absolute Gasteiger partial charge is 0.134 e. The summed E-state index contributed by atoms with van der Waals surface area (Å²) in [6.45, 7) is 11.5. The Morgan fingerprint density at radius 3 is 2.65 bits per heavy atom. The lowest BCUT2D eigenvalue weighted by Crippen LogP contribution is -2.45. The van der Waals surface area contributed by atoms with Crippen molar-refractivity contribution in [3.05, 3.63) is 35.6 Å². The van der Waals surface area contributed by atoms with Gasteiger partial charge in [-0.2, -0.15) is 0 Å². The molecule has 2 heterocycles. The summed E-state index contributed by atoms with van der Waals surface area (Å²) < 4.78 is 11.6. The Morgan fingerprint density at radius 2 is 1.91 bits per heavy atom. The molecule has 2 unspecified atom stereocenters. The van der Waals surface area contributed by atoms with E-state index in [1.165, 1.54) is 10.9 Å². The number of hydrogen-bond donors (Lipinski definition) is 1. The molecule has 23 heavy (non-hydrogen) atoms. The van der Waals surface area contributed by atoms with Gasteiger partial charge < -0.3 is 14.5 Å². The molecular formula is C19H28N2O2. The highest BCUT2D eigenvalue weighted by Crippen LogP contribution is 2.30. The van der Waals surface area contributed by atoms with Crippen molar-refractivity contribution in [3.63, 3.8) is 0 Å². The van der Waals surface area contributed by atoms with Crippen molar-refractivity contribution in [1.82, 2.24) is 10.2 Å². The predicted molar refractivity (Wildman–Crippen MR) is 93.9 cm³/mol. The number of benzene rings is 1. The summed E-state index contributed by atoms with van der Waals surface area (Å²) in [7, 11) is 0. The fourth-order valence-electron chi connectivity index (χ4n) is 3.56. The Balaban J connectivity index is 1.68. The van der Waals surface area contributed by atoms with E-state index in [2.05, 4.69) is 49.2 Å². The SMILES string of the molecule is CCc1c(C(C)NC(C)CN2CCOCC2)oc2ccccc12. The number of fused-ring (bicyclic) bond motifs is 1. The number of morpholine rings is 1. The van der Waals surface area contributed by atoms with Crippen molar-refractivity contribution in [2.75, 3.05) is 32.8 Å². The second kappa shape index (κ2) is 7.47. The van der Waals surface area contributed by atoms with Crippen LogP contribution in [0.4, 0.5) is 0 Å². The maximum Gasteiger partial charge on any atom is 0.134 e. The average Bonchev–Trinajstić information content (AvgIpc) is 2.94. The topological polar surface area (TPSA) is 37.6 Å². The molecule has 1 aromatic carbocycles. The van der Waals surface area contributed by atoms with E-state index in [0.29, 0.717) is 6.04 Å². The van der Waals surface area contributed by atoms with E-state index < -0.39 is 0 Å². The van der Waals surface area contributed by atoms with Gasteiger partial charge in [-0.25, -0.2) is 0 Å². The van der Waals surface area contributed by atoms with Crippen molar-refractivity contribution in [1.29, 1.82) is 0 Å². The summed E-state index contributed by atoms with van der Waals surface area (Å²) in [5.41, 5.74) is 2.33. The van der Waals surface area contributed by atoms with Crippen molar-refractivity contribution < 1.29 is 9.15 Å². The zero-order chi connectivity index (χ0) is 16.2. The molecule has 0 spiro atoms. The first kappa shape index (κ1) is 16.5. The molecule has 1 aliphatic heterocycles. The van der Waals surface area contributed by atoms with Crippen molar-refractivity contribution in [2.45, 2.75) is 39.3 Å². The van der Waals surface area contributed by atoms with Crippen LogP contribution in [-0.4, -0.2) is 43.8 Å². The van der Waals surface area contributed by atoms with Crippen LogP contribution >= 0.6 is 0 Å². The molecule has 4 nitrogen and oxygen atoms in total. The standard InChI is InChI=1S/C19H28N2O2/c1-4-16-17-7-5-6-8-18(17)23-19(16)15(3)20-14(2)13-21-9-11-22-12-10-21/h5-8,14-15,20H,4,9-13H2,1-3H3. The Morgan fingerprint density at radius 1 is 1.17 bits per heavy atom. The third-order valence-electron chi connectivity index (χ3n) is 4.65. The van der Waals surface area contributed by atoms with Crippen LogP contribution in [0.3, 0.4) is 0 Å². The lowest BCUT2D eigenvalue weighted by molar-refractivity contribution is 0.0338. The molecule has 2 aromatic rings. The predicted octanol–water partition coefficient (Wildman–Crippen LogP) is 3.37. The highest BCUT2D eigenvalue weighted by molar-refractivity contribution is 5.82. The number of furan rings is 1.